The molecule has 0 radical (unpaired) electrons. The molecule has 0 saturated heterocycles. The molecule has 1 aromatic heterocycles. The van der Waals surface area contributed by atoms with Crippen LogP contribution >= 0.6 is 12.6 Å². The Bertz CT molecular complexity index is 795. The van der Waals surface area contributed by atoms with E-state index in [1.54, 1.807) is 6.07 Å². The molecule has 0 aliphatic rings. The van der Waals surface area contributed by atoms with E-state index in [-0.39, 0.29) is 5.43 Å². The highest BCUT2D eigenvalue weighted by molar-refractivity contribution is 7.80. The van der Waals surface area contributed by atoms with Crippen molar-refractivity contribution in [3.63, 3.8) is 0 Å². The second-order valence-electron chi connectivity index (χ2n) is 5.14. The monoisotopic (exact) mass is 295 g/mol. The van der Waals surface area contributed by atoms with E-state index in [1.165, 1.54) is 5.56 Å². The van der Waals surface area contributed by atoms with E-state index in [9.17, 15) is 4.79 Å². The Labute approximate surface area is 129 Å². The largest absolute Gasteiger partial charge is 0.347 e. The molecule has 3 heteroatoms. The highest BCUT2D eigenvalue weighted by atomic mass is 32.1. The first-order chi connectivity index (χ1) is 10.3. The van der Waals surface area contributed by atoms with Crippen LogP contribution in [0.3, 0.4) is 0 Å². The number of benzene rings is 2. The molecule has 2 nitrogen and oxygen atoms in total. The van der Waals surface area contributed by atoms with Crippen molar-refractivity contribution in [1.29, 1.82) is 0 Å². The number of pyridine rings is 1. The Balaban J connectivity index is 2.01. The van der Waals surface area contributed by atoms with Gasteiger partial charge in [0.15, 0.2) is 5.43 Å². The van der Waals surface area contributed by atoms with Crippen molar-refractivity contribution in [1.82, 2.24) is 4.57 Å². The molecule has 1 heterocycles. The third kappa shape index (κ3) is 2.88. The Morgan fingerprint density at radius 2 is 1.67 bits per heavy atom. The van der Waals surface area contributed by atoms with Gasteiger partial charge in [-0.3, -0.25) is 4.79 Å². The lowest BCUT2D eigenvalue weighted by atomic mass is 10.0. The molecular weight excluding hydrogens is 278 g/mol. The molecule has 3 rings (SSSR count). The summed E-state index contributed by atoms with van der Waals surface area (Å²) in [7, 11) is 0. The molecular formula is C18H17NOS. The van der Waals surface area contributed by atoms with Crippen molar-refractivity contribution in [3.05, 3.63) is 82.6 Å². The Hall–Kier alpha value is -2.00. The molecule has 1 atom stereocenters. The second kappa shape index (κ2) is 6.19. The van der Waals surface area contributed by atoms with Gasteiger partial charge in [-0.25, -0.2) is 0 Å². The molecule has 0 spiro atoms. The van der Waals surface area contributed by atoms with Crippen molar-refractivity contribution in [3.8, 4) is 0 Å². The van der Waals surface area contributed by atoms with Gasteiger partial charge >= 0.3 is 0 Å². The number of nitrogens with zero attached hydrogens (tertiary/aromatic N) is 1. The molecule has 106 valence electrons. The van der Waals surface area contributed by atoms with E-state index in [0.29, 0.717) is 5.92 Å². The van der Waals surface area contributed by atoms with Crippen molar-refractivity contribution < 1.29 is 0 Å². The zero-order valence-electron chi connectivity index (χ0n) is 11.6. The van der Waals surface area contributed by atoms with Crippen LogP contribution < -0.4 is 5.43 Å². The van der Waals surface area contributed by atoms with E-state index >= 15 is 0 Å². The zero-order chi connectivity index (χ0) is 14.7. The van der Waals surface area contributed by atoms with Gasteiger partial charge in [0.25, 0.3) is 0 Å². The highest BCUT2D eigenvalue weighted by Crippen LogP contribution is 2.21. The summed E-state index contributed by atoms with van der Waals surface area (Å²) in [6.45, 7) is 0.814. The summed E-state index contributed by atoms with van der Waals surface area (Å²) in [4.78, 5) is 11.9. The Kier molecular flexibility index (Phi) is 4.11. The van der Waals surface area contributed by atoms with Crippen molar-refractivity contribution in [2.45, 2.75) is 12.5 Å². The van der Waals surface area contributed by atoms with Gasteiger partial charge in [0.2, 0.25) is 0 Å². The summed E-state index contributed by atoms with van der Waals surface area (Å²) in [6.07, 6.45) is 1.88. The fourth-order valence-electron chi connectivity index (χ4n) is 2.65. The quantitative estimate of drug-likeness (QED) is 0.728. The second-order valence-corrected chi connectivity index (χ2v) is 5.50. The van der Waals surface area contributed by atoms with Crippen molar-refractivity contribution in [2.24, 2.45) is 0 Å². The van der Waals surface area contributed by atoms with Gasteiger partial charge in [-0.1, -0.05) is 42.5 Å². The average Bonchev–Trinajstić information content (AvgIpc) is 2.55. The van der Waals surface area contributed by atoms with E-state index in [1.807, 2.05) is 36.5 Å². The summed E-state index contributed by atoms with van der Waals surface area (Å²) in [5, 5.41) is 0.769. The summed E-state index contributed by atoms with van der Waals surface area (Å²) in [5.41, 5.74) is 2.33. The van der Waals surface area contributed by atoms with Crippen molar-refractivity contribution >= 4 is 23.5 Å². The number of aromatic nitrogens is 1. The number of fused-ring (bicyclic) bond motifs is 1. The van der Waals surface area contributed by atoms with Crippen LogP contribution in [-0.2, 0) is 6.54 Å². The topological polar surface area (TPSA) is 22.0 Å². The first kappa shape index (κ1) is 14.0. The summed E-state index contributed by atoms with van der Waals surface area (Å²) in [5.74, 6) is 1.09. The molecule has 21 heavy (non-hydrogen) atoms. The van der Waals surface area contributed by atoms with Gasteiger partial charge in [-0.15, -0.1) is 0 Å². The van der Waals surface area contributed by atoms with Gasteiger partial charge in [0.1, 0.15) is 0 Å². The number of thiol groups is 1. The first-order valence-electron chi connectivity index (χ1n) is 7.03. The molecule has 0 bridgehead atoms. The maximum Gasteiger partial charge on any atom is 0.189 e. The van der Waals surface area contributed by atoms with Gasteiger partial charge in [-0.05, 0) is 23.4 Å². The summed E-state index contributed by atoms with van der Waals surface area (Å²) >= 11 is 4.50. The standard InChI is InChI=1S/C18H17NOS/c20-18-10-11-19(17-9-5-4-8-16(17)18)12-15(13-21)14-6-2-1-3-7-14/h1-11,15,21H,12-13H2. The van der Waals surface area contributed by atoms with Crippen LogP contribution in [0, 0.1) is 0 Å². The third-order valence-electron chi connectivity index (χ3n) is 3.79. The smallest absolute Gasteiger partial charge is 0.189 e. The predicted octanol–water partition coefficient (Wildman–Crippen LogP) is 3.72. The fraction of sp³-hybridized carbons (Fsp3) is 0.167. The molecule has 0 aliphatic heterocycles. The van der Waals surface area contributed by atoms with Crippen LogP contribution in [0.15, 0.2) is 71.7 Å². The third-order valence-corrected chi connectivity index (χ3v) is 4.23. The van der Waals surface area contributed by atoms with Gasteiger partial charge in [0.05, 0.1) is 5.52 Å². The lowest BCUT2D eigenvalue weighted by Crippen LogP contribution is -2.14. The lowest BCUT2D eigenvalue weighted by Gasteiger charge is -2.18. The zero-order valence-corrected chi connectivity index (χ0v) is 12.5. The first-order valence-corrected chi connectivity index (χ1v) is 7.67. The average molecular weight is 295 g/mol. The van der Waals surface area contributed by atoms with E-state index < -0.39 is 0 Å². The van der Waals surface area contributed by atoms with Crippen LogP contribution in [0.1, 0.15) is 11.5 Å². The van der Waals surface area contributed by atoms with Gasteiger partial charge in [-0.2, -0.15) is 12.6 Å². The van der Waals surface area contributed by atoms with Crippen molar-refractivity contribution in [2.75, 3.05) is 5.75 Å². The minimum atomic E-state index is 0.0731. The maximum absolute atomic E-state index is 11.9. The molecule has 0 aliphatic carbocycles. The highest BCUT2D eigenvalue weighted by Gasteiger charge is 2.11. The minimum absolute atomic E-state index is 0.0731. The van der Waals surface area contributed by atoms with E-state index in [0.717, 1.165) is 23.2 Å². The van der Waals surface area contributed by atoms with E-state index in [2.05, 4.69) is 41.5 Å². The molecule has 3 aromatic rings. The van der Waals surface area contributed by atoms with Crippen LogP contribution in [0.5, 0.6) is 0 Å². The number of para-hydroxylation sites is 1. The predicted molar refractivity (Wildman–Crippen MR) is 91.2 cm³/mol. The Morgan fingerprint density at radius 3 is 2.43 bits per heavy atom. The van der Waals surface area contributed by atoms with Crippen LogP contribution in [-0.4, -0.2) is 10.3 Å². The fourth-order valence-corrected chi connectivity index (χ4v) is 2.98. The number of hydrogen-bond acceptors (Lipinski definition) is 2. The normalized spacial score (nSPS) is 12.4. The van der Waals surface area contributed by atoms with Gasteiger partial charge in [0, 0.05) is 30.1 Å². The Morgan fingerprint density at radius 1 is 0.952 bits per heavy atom. The van der Waals surface area contributed by atoms with E-state index in [4.69, 9.17) is 0 Å². The maximum atomic E-state index is 11.9. The number of hydrogen-bond donors (Lipinski definition) is 1. The molecule has 1 unspecified atom stereocenters. The number of rotatable bonds is 4. The van der Waals surface area contributed by atoms with Gasteiger partial charge < -0.3 is 4.57 Å². The lowest BCUT2D eigenvalue weighted by molar-refractivity contribution is 0.618. The molecule has 0 saturated carbocycles. The van der Waals surface area contributed by atoms with Crippen LogP contribution in [0.25, 0.3) is 10.9 Å². The van der Waals surface area contributed by atoms with Crippen LogP contribution in [0.2, 0.25) is 0 Å². The summed E-state index contributed by atoms with van der Waals surface area (Å²) in [6, 6.07) is 19.8. The molecule has 0 amide bonds. The molecule has 0 N–H and O–H groups in total. The molecule has 0 fully saturated rings. The van der Waals surface area contributed by atoms with Crippen LogP contribution in [0.4, 0.5) is 0 Å². The SMILES string of the molecule is O=c1ccn(CC(CS)c2ccccc2)c2ccccc12. The minimum Gasteiger partial charge on any atom is -0.347 e. The molecule has 2 aromatic carbocycles. The summed E-state index contributed by atoms with van der Waals surface area (Å²) < 4.78 is 2.14.